The van der Waals surface area contributed by atoms with Crippen LogP contribution in [0.4, 0.5) is 5.82 Å². The molecule has 58 valence electrons. The van der Waals surface area contributed by atoms with E-state index in [1.807, 2.05) is 0 Å². The summed E-state index contributed by atoms with van der Waals surface area (Å²) in [4.78, 5) is 17.5. The number of nitrogen functional groups attached to an aromatic ring is 1. The number of aromatic carboxylic acids is 1. The van der Waals surface area contributed by atoms with Gasteiger partial charge < -0.3 is 10.5 Å². The number of nitrogens with zero attached hydrogens (tertiary/aromatic N) is 2. The molecule has 0 aliphatic rings. The molecule has 0 aliphatic carbocycles. The van der Waals surface area contributed by atoms with Crippen LogP contribution in [0.5, 0.6) is 0 Å². The number of nitrogens with two attached hydrogens (primary N) is 1. The topological polar surface area (TPSA) is 101 Å². The maximum absolute atomic E-state index is 10.3. The van der Waals surface area contributed by atoms with Crippen LogP contribution in [0.25, 0.3) is 0 Å². The van der Waals surface area contributed by atoms with Crippen LogP contribution < -0.4 is 11.3 Å². The molecule has 0 radical (unpaired) electrons. The molecule has 6 nitrogen and oxygen atoms in total. The Hall–Kier alpha value is -1.69. The molecule has 1 rings (SSSR count). The number of nitrogens with one attached hydrogen (secondary N) is 1. The average Bonchev–Trinajstić information content (AvgIpc) is 2.05. The highest BCUT2D eigenvalue weighted by atomic mass is 16.4. The van der Waals surface area contributed by atoms with Crippen LogP contribution in [0.1, 0.15) is 10.5 Å². The minimum absolute atomic E-state index is 0.138. The molecule has 0 fully saturated rings. The van der Waals surface area contributed by atoms with Crippen LogP contribution in [-0.2, 0) is 0 Å². The number of anilines is 1. The number of hydrogen-bond acceptors (Lipinski definition) is 5. The first-order valence-electron chi connectivity index (χ1n) is 2.76. The van der Waals surface area contributed by atoms with E-state index in [0.717, 1.165) is 6.20 Å². The third-order valence-electron chi connectivity index (χ3n) is 1.00. The van der Waals surface area contributed by atoms with Gasteiger partial charge in [0.15, 0.2) is 11.5 Å². The smallest absolute Gasteiger partial charge is 0.356 e. The van der Waals surface area contributed by atoms with Crippen molar-refractivity contribution in [3.05, 3.63) is 18.1 Å². The van der Waals surface area contributed by atoms with Gasteiger partial charge in [0.25, 0.3) is 0 Å². The van der Waals surface area contributed by atoms with Gasteiger partial charge in [-0.1, -0.05) is 0 Å². The summed E-state index contributed by atoms with van der Waals surface area (Å²) in [5.41, 5.74) is 2.05. The van der Waals surface area contributed by atoms with Gasteiger partial charge in [-0.05, 0) is 0 Å². The molecule has 0 spiro atoms. The number of aromatic nitrogens is 2. The Morgan fingerprint density at radius 1 is 1.64 bits per heavy atom. The fourth-order valence-electron chi connectivity index (χ4n) is 0.539. The SMILES string of the molecule is NNc1cncc(C(=O)O)n1. The van der Waals surface area contributed by atoms with Crippen molar-refractivity contribution in [1.82, 2.24) is 9.97 Å². The van der Waals surface area contributed by atoms with Crippen LogP contribution in [0.15, 0.2) is 12.4 Å². The van der Waals surface area contributed by atoms with E-state index in [0.29, 0.717) is 0 Å². The first kappa shape index (κ1) is 7.42. The fourth-order valence-corrected chi connectivity index (χ4v) is 0.539. The predicted octanol–water partition coefficient (Wildman–Crippen LogP) is -0.540. The largest absolute Gasteiger partial charge is 0.476 e. The quantitative estimate of drug-likeness (QED) is 0.390. The number of hydrazine groups is 1. The van der Waals surface area contributed by atoms with Crippen molar-refractivity contribution >= 4 is 11.8 Å². The lowest BCUT2D eigenvalue weighted by Gasteiger charge is -1.97. The van der Waals surface area contributed by atoms with E-state index in [1.54, 1.807) is 0 Å². The molecule has 11 heavy (non-hydrogen) atoms. The van der Waals surface area contributed by atoms with Gasteiger partial charge in [-0.2, -0.15) is 0 Å². The van der Waals surface area contributed by atoms with Gasteiger partial charge in [-0.25, -0.2) is 15.6 Å². The van der Waals surface area contributed by atoms with Crippen LogP contribution >= 0.6 is 0 Å². The normalized spacial score (nSPS) is 9.18. The van der Waals surface area contributed by atoms with E-state index in [-0.39, 0.29) is 11.5 Å². The number of carbonyl (C=O) groups is 1. The maximum Gasteiger partial charge on any atom is 0.356 e. The molecule has 0 atom stereocenters. The molecule has 1 aromatic rings. The van der Waals surface area contributed by atoms with Gasteiger partial charge >= 0.3 is 5.97 Å². The monoisotopic (exact) mass is 154 g/mol. The van der Waals surface area contributed by atoms with Crippen molar-refractivity contribution < 1.29 is 9.90 Å². The number of rotatable bonds is 2. The van der Waals surface area contributed by atoms with Gasteiger partial charge in [0, 0.05) is 0 Å². The zero-order chi connectivity index (χ0) is 8.27. The Balaban J connectivity index is 3.01. The van der Waals surface area contributed by atoms with E-state index in [2.05, 4.69) is 15.4 Å². The summed E-state index contributed by atoms with van der Waals surface area (Å²) in [6.07, 6.45) is 2.47. The van der Waals surface area contributed by atoms with Crippen LogP contribution in [-0.4, -0.2) is 21.0 Å². The average molecular weight is 154 g/mol. The van der Waals surface area contributed by atoms with Crippen molar-refractivity contribution in [2.45, 2.75) is 0 Å². The van der Waals surface area contributed by atoms with E-state index >= 15 is 0 Å². The van der Waals surface area contributed by atoms with E-state index in [9.17, 15) is 4.79 Å². The first-order chi connectivity index (χ1) is 5.24. The molecule has 0 saturated heterocycles. The molecule has 1 aromatic heterocycles. The summed E-state index contributed by atoms with van der Waals surface area (Å²) < 4.78 is 0. The maximum atomic E-state index is 10.3. The zero-order valence-electron chi connectivity index (χ0n) is 5.48. The zero-order valence-corrected chi connectivity index (χ0v) is 5.48. The van der Waals surface area contributed by atoms with E-state index < -0.39 is 5.97 Å². The Morgan fingerprint density at radius 2 is 2.36 bits per heavy atom. The molecule has 6 heteroatoms. The molecule has 0 unspecified atom stereocenters. The van der Waals surface area contributed by atoms with E-state index in [4.69, 9.17) is 10.9 Å². The summed E-state index contributed by atoms with van der Waals surface area (Å²) in [7, 11) is 0. The van der Waals surface area contributed by atoms with E-state index in [1.165, 1.54) is 6.20 Å². The van der Waals surface area contributed by atoms with Crippen LogP contribution in [0, 0.1) is 0 Å². The Labute approximate surface area is 62.1 Å². The summed E-state index contributed by atoms with van der Waals surface area (Å²) in [6, 6.07) is 0. The van der Waals surface area contributed by atoms with Gasteiger partial charge in [-0.3, -0.25) is 4.98 Å². The Bertz CT molecular complexity index is 275. The third kappa shape index (κ3) is 1.62. The molecule has 1 heterocycles. The van der Waals surface area contributed by atoms with Crippen molar-refractivity contribution in [2.24, 2.45) is 5.84 Å². The number of carboxylic acids is 1. The Kier molecular flexibility index (Phi) is 1.98. The van der Waals surface area contributed by atoms with Gasteiger partial charge in [0.1, 0.15) is 0 Å². The number of carboxylic acid groups (broad SMARTS) is 1. The van der Waals surface area contributed by atoms with Crippen molar-refractivity contribution in [2.75, 3.05) is 5.43 Å². The molecule has 0 aliphatic heterocycles. The highest BCUT2D eigenvalue weighted by Gasteiger charge is 2.04. The highest BCUT2D eigenvalue weighted by molar-refractivity contribution is 5.85. The molecule has 0 bridgehead atoms. The second-order valence-corrected chi connectivity index (χ2v) is 1.74. The minimum Gasteiger partial charge on any atom is -0.476 e. The second kappa shape index (κ2) is 2.93. The standard InChI is InChI=1S/C5H6N4O2/c6-9-4-2-7-1-3(8-4)5(10)11/h1-2H,6H2,(H,8,9)(H,10,11). The summed E-state index contributed by atoms with van der Waals surface area (Å²) in [5.74, 6) is 4.07. The lowest BCUT2D eigenvalue weighted by molar-refractivity contribution is 0.0690. The van der Waals surface area contributed by atoms with Crippen LogP contribution in [0.2, 0.25) is 0 Å². The van der Waals surface area contributed by atoms with Crippen molar-refractivity contribution in [3.63, 3.8) is 0 Å². The summed E-state index contributed by atoms with van der Waals surface area (Å²) >= 11 is 0. The van der Waals surface area contributed by atoms with Crippen molar-refractivity contribution in [1.29, 1.82) is 0 Å². The van der Waals surface area contributed by atoms with Gasteiger partial charge in [0.2, 0.25) is 0 Å². The Morgan fingerprint density at radius 3 is 2.91 bits per heavy atom. The predicted molar refractivity (Wildman–Crippen MR) is 36.8 cm³/mol. The van der Waals surface area contributed by atoms with Gasteiger partial charge in [-0.15, -0.1) is 0 Å². The molecular weight excluding hydrogens is 148 g/mol. The molecule has 0 aromatic carbocycles. The lowest BCUT2D eigenvalue weighted by atomic mass is 10.4. The molecule has 4 N–H and O–H groups in total. The summed E-state index contributed by atoms with van der Waals surface area (Å²) in [6.45, 7) is 0. The second-order valence-electron chi connectivity index (χ2n) is 1.74. The van der Waals surface area contributed by atoms with Gasteiger partial charge in [0.05, 0.1) is 12.4 Å². The highest BCUT2D eigenvalue weighted by Crippen LogP contribution is 1.98. The first-order valence-corrected chi connectivity index (χ1v) is 2.76. The minimum atomic E-state index is -1.13. The molecular formula is C5H6N4O2. The molecule has 0 saturated carbocycles. The molecule has 0 amide bonds. The third-order valence-corrected chi connectivity index (χ3v) is 1.00. The lowest BCUT2D eigenvalue weighted by Crippen LogP contribution is -2.11. The summed E-state index contributed by atoms with van der Waals surface area (Å²) in [5, 5.41) is 8.43. The fraction of sp³-hybridized carbons (Fsp3) is 0. The number of hydrogen-bond donors (Lipinski definition) is 3. The van der Waals surface area contributed by atoms with Crippen molar-refractivity contribution in [3.8, 4) is 0 Å². The van der Waals surface area contributed by atoms with Crippen LogP contribution in [0.3, 0.4) is 0 Å².